The van der Waals surface area contributed by atoms with Crippen LogP contribution in [0.1, 0.15) is 64.0 Å². The summed E-state index contributed by atoms with van der Waals surface area (Å²) in [5.41, 5.74) is 11.4. The van der Waals surface area contributed by atoms with Crippen LogP contribution in [0, 0.1) is 0 Å². The van der Waals surface area contributed by atoms with Gasteiger partial charge in [0.25, 0.3) is 0 Å². The van der Waals surface area contributed by atoms with E-state index in [0.29, 0.717) is 0 Å². The van der Waals surface area contributed by atoms with Gasteiger partial charge < -0.3 is 5.73 Å². The SMILES string of the molecule is CCCCCCc1ccc(-c2ccc(CCC(C)(C)N)cc2)cc1. The zero-order valence-corrected chi connectivity index (χ0v) is 15.6. The maximum Gasteiger partial charge on any atom is 0.0100 e. The normalized spacial score (nSPS) is 11.7. The van der Waals surface area contributed by atoms with Crippen LogP contribution in [0.25, 0.3) is 11.1 Å². The van der Waals surface area contributed by atoms with Crippen LogP contribution < -0.4 is 5.73 Å². The summed E-state index contributed by atoms with van der Waals surface area (Å²) < 4.78 is 0. The third-order valence-electron chi connectivity index (χ3n) is 4.62. The Morgan fingerprint density at radius 2 is 1.21 bits per heavy atom. The average molecular weight is 324 g/mol. The van der Waals surface area contributed by atoms with Crippen LogP contribution in [-0.4, -0.2) is 5.54 Å². The minimum atomic E-state index is -0.0916. The Kier molecular flexibility index (Phi) is 7.05. The van der Waals surface area contributed by atoms with E-state index < -0.39 is 0 Å². The quantitative estimate of drug-likeness (QED) is 0.551. The molecular weight excluding hydrogens is 290 g/mol. The predicted octanol–water partition coefficient (Wildman–Crippen LogP) is 6.15. The summed E-state index contributed by atoms with van der Waals surface area (Å²) in [5, 5.41) is 0. The van der Waals surface area contributed by atoms with Crippen LogP contribution in [0.15, 0.2) is 48.5 Å². The summed E-state index contributed by atoms with van der Waals surface area (Å²) >= 11 is 0. The molecule has 0 atom stereocenters. The molecule has 0 aromatic heterocycles. The van der Waals surface area contributed by atoms with E-state index in [-0.39, 0.29) is 5.54 Å². The fourth-order valence-corrected chi connectivity index (χ4v) is 2.95. The molecule has 0 saturated heterocycles. The summed E-state index contributed by atoms with van der Waals surface area (Å²) in [6, 6.07) is 18.0. The van der Waals surface area contributed by atoms with E-state index in [1.54, 1.807) is 0 Å². The molecule has 0 aliphatic carbocycles. The monoisotopic (exact) mass is 323 g/mol. The van der Waals surface area contributed by atoms with Gasteiger partial charge in [0.05, 0.1) is 0 Å². The summed E-state index contributed by atoms with van der Waals surface area (Å²) in [7, 11) is 0. The summed E-state index contributed by atoms with van der Waals surface area (Å²) in [4.78, 5) is 0. The van der Waals surface area contributed by atoms with Gasteiger partial charge in [-0.25, -0.2) is 0 Å². The van der Waals surface area contributed by atoms with Gasteiger partial charge in [-0.2, -0.15) is 0 Å². The van der Waals surface area contributed by atoms with Crippen LogP contribution in [0.3, 0.4) is 0 Å². The van der Waals surface area contributed by atoms with E-state index in [4.69, 9.17) is 5.73 Å². The Labute approximate surface area is 148 Å². The van der Waals surface area contributed by atoms with Gasteiger partial charge in [0, 0.05) is 5.54 Å². The average Bonchev–Trinajstić information content (AvgIpc) is 2.57. The Hall–Kier alpha value is -1.60. The van der Waals surface area contributed by atoms with Crippen molar-refractivity contribution in [3.63, 3.8) is 0 Å². The smallest absolute Gasteiger partial charge is 0.0100 e. The van der Waals surface area contributed by atoms with Gasteiger partial charge >= 0.3 is 0 Å². The van der Waals surface area contributed by atoms with Crippen LogP contribution in [0.4, 0.5) is 0 Å². The van der Waals surface area contributed by atoms with Gasteiger partial charge in [-0.05, 0) is 61.8 Å². The minimum Gasteiger partial charge on any atom is -0.326 e. The van der Waals surface area contributed by atoms with E-state index in [9.17, 15) is 0 Å². The Balaban J connectivity index is 1.91. The summed E-state index contributed by atoms with van der Waals surface area (Å²) in [5.74, 6) is 0. The third kappa shape index (κ3) is 6.49. The zero-order valence-electron chi connectivity index (χ0n) is 15.6. The van der Waals surface area contributed by atoms with Gasteiger partial charge in [0.1, 0.15) is 0 Å². The van der Waals surface area contributed by atoms with Crippen LogP contribution >= 0.6 is 0 Å². The van der Waals surface area contributed by atoms with Gasteiger partial charge in [-0.1, -0.05) is 74.7 Å². The molecule has 1 heteroatoms. The number of rotatable bonds is 9. The topological polar surface area (TPSA) is 26.0 Å². The van der Waals surface area contributed by atoms with Crippen molar-refractivity contribution < 1.29 is 0 Å². The van der Waals surface area contributed by atoms with Gasteiger partial charge in [-0.15, -0.1) is 0 Å². The van der Waals surface area contributed by atoms with Crippen molar-refractivity contribution in [1.29, 1.82) is 0 Å². The number of benzene rings is 2. The van der Waals surface area contributed by atoms with Gasteiger partial charge in [0.2, 0.25) is 0 Å². The highest BCUT2D eigenvalue weighted by Gasteiger charge is 2.10. The molecule has 2 N–H and O–H groups in total. The number of hydrogen-bond donors (Lipinski definition) is 1. The van der Waals surface area contributed by atoms with Crippen LogP contribution in [-0.2, 0) is 12.8 Å². The molecule has 2 rings (SSSR count). The first-order valence-corrected chi connectivity index (χ1v) is 9.45. The molecule has 130 valence electrons. The number of hydrogen-bond acceptors (Lipinski definition) is 1. The second kappa shape index (κ2) is 9.03. The van der Waals surface area contributed by atoms with E-state index in [1.165, 1.54) is 54.4 Å². The van der Waals surface area contributed by atoms with E-state index in [0.717, 1.165) is 12.8 Å². The molecule has 0 unspecified atom stereocenters. The Morgan fingerprint density at radius 1 is 0.708 bits per heavy atom. The van der Waals surface area contributed by atoms with Crippen molar-refractivity contribution in [2.75, 3.05) is 0 Å². The minimum absolute atomic E-state index is 0.0916. The standard InChI is InChI=1S/C23H33N/c1-4-5-6-7-8-19-9-13-21(14-10-19)22-15-11-20(12-16-22)17-18-23(2,3)24/h9-16H,4-8,17-18,24H2,1-3H3. The van der Waals surface area contributed by atoms with Crippen molar-refractivity contribution in [1.82, 2.24) is 0 Å². The van der Waals surface area contributed by atoms with Gasteiger partial charge in [0.15, 0.2) is 0 Å². The maximum absolute atomic E-state index is 6.07. The van der Waals surface area contributed by atoms with Crippen molar-refractivity contribution in [3.05, 3.63) is 59.7 Å². The van der Waals surface area contributed by atoms with Gasteiger partial charge in [-0.3, -0.25) is 0 Å². The molecule has 0 spiro atoms. The second-order valence-electron chi connectivity index (χ2n) is 7.69. The van der Waals surface area contributed by atoms with Crippen LogP contribution in [0.2, 0.25) is 0 Å². The molecule has 0 amide bonds. The molecule has 2 aromatic rings. The molecule has 0 bridgehead atoms. The lowest BCUT2D eigenvalue weighted by Gasteiger charge is -2.18. The lowest BCUT2D eigenvalue weighted by molar-refractivity contribution is 0.477. The molecule has 0 saturated carbocycles. The molecule has 0 heterocycles. The van der Waals surface area contributed by atoms with Crippen molar-refractivity contribution in [3.8, 4) is 11.1 Å². The second-order valence-corrected chi connectivity index (χ2v) is 7.69. The molecule has 0 fully saturated rings. The largest absolute Gasteiger partial charge is 0.326 e. The fraction of sp³-hybridized carbons (Fsp3) is 0.478. The summed E-state index contributed by atoms with van der Waals surface area (Å²) in [6.45, 7) is 6.44. The first-order valence-electron chi connectivity index (χ1n) is 9.45. The molecule has 0 aliphatic rings. The predicted molar refractivity (Wildman–Crippen MR) is 106 cm³/mol. The summed E-state index contributed by atoms with van der Waals surface area (Å²) in [6.07, 6.45) is 8.57. The van der Waals surface area contributed by atoms with E-state index >= 15 is 0 Å². The molecule has 2 aromatic carbocycles. The van der Waals surface area contributed by atoms with Crippen molar-refractivity contribution in [2.24, 2.45) is 5.73 Å². The highest BCUT2D eigenvalue weighted by molar-refractivity contribution is 5.63. The Morgan fingerprint density at radius 3 is 1.67 bits per heavy atom. The highest BCUT2D eigenvalue weighted by atomic mass is 14.7. The van der Waals surface area contributed by atoms with Crippen molar-refractivity contribution >= 4 is 0 Å². The molecule has 1 nitrogen and oxygen atoms in total. The van der Waals surface area contributed by atoms with E-state index in [1.807, 2.05) is 0 Å². The molecule has 24 heavy (non-hydrogen) atoms. The van der Waals surface area contributed by atoms with Crippen LogP contribution in [0.5, 0.6) is 0 Å². The number of nitrogens with two attached hydrogens (primary N) is 1. The first-order chi connectivity index (χ1) is 11.5. The lowest BCUT2D eigenvalue weighted by atomic mass is 9.95. The molecule has 0 aliphatic heterocycles. The van der Waals surface area contributed by atoms with Crippen molar-refractivity contribution in [2.45, 2.75) is 71.3 Å². The fourth-order valence-electron chi connectivity index (χ4n) is 2.95. The number of aryl methyl sites for hydroxylation is 2. The molecular formula is C23H33N. The lowest BCUT2D eigenvalue weighted by Crippen LogP contribution is -2.32. The molecule has 0 radical (unpaired) electrons. The first kappa shape index (κ1) is 18.7. The van der Waals surface area contributed by atoms with E-state index in [2.05, 4.69) is 69.3 Å². The zero-order chi connectivity index (χ0) is 17.4. The highest BCUT2D eigenvalue weighted by Crippen LogP contribution is 2.22. The third-order valence-corrected chi connectivity index (χ3v) is 4.62. The maximum atomic E-state index is 6.07. The Bertz CT molecular complexity index is 587. The number of unbranched alkanes of at least 4 members (excludes halogenated alkanes) is 3.